The maximum Gasteiger partial charge on any atom is 0.165 e. The molecule has 1 aromatic carbocycles. The van der Waals surface area contributed by atoms with E-state index in [1.807, 2.05) is 6.07 Å². The van der Waals surface area contributed by atoms with Crippen molar-refractivity contribution in [2.45, 2.75) is 36.4 Å². The summed E-state index contributed by atoms with van der Waals surface area (Å²) >= 11 is 3.64. The molecule has 1 nitrogen and oxygen atoms in total. The zero-order chi connectivity index (χ0) is 11.8. The average Bonchev–Trinajstić information content (AvgIpc) is 2.60. The first-order valence-corrected chi connectivity index (χ1v) is 6.45. The summed E-state index contributed by atoms with van der Waals surface area (Å²) in [4.78, 5) is 0.558. The van der Waals surface area contributed by atoms with Gasteiger partial charge in [0.1, 0.15) is 0 Å². The third kappa shape index (κ3) is 2.10. The molecule has 0 amide bonds. The van der Waals surface area contributed by atoms with Gasteiger partial charge in [-0.1, -0.05) is 28.9 Å². The SMILES string of the molecule is COc1ccc(C2(C)CCC(Br)C2)cc1F. The second-order valence-corrected chi connectivity index (χ2v) is 6.05. The smallest absolute Gasteiger partial charge is 0.165 e. The van der Waals surface area contributed by atoms with Crippen LogP contribution < -0.4 is 4.74 Å². The van der Waals surface area contributed by atoms with Crippen LogP contribution >= 0.6 is 15.9 Å². The third-order valence-corrected chi connectivity index (χ3v) is 4.31. The number of benzene rings is 1. The van der Waals surface area contributed by atoms with Crippen molar-refractivity contribution in [3.8, 4) is 5.75 Å². The van der Waals surface area contributed by atoms with E-state index in [0.717, 1.165) is 24.8 Å². The topological polar surface area (TPSA) is 9.23 Å². The highest BCUT2D eigenvalue weighted by Gasteiger charge is 2.35. The molecule has 1 aliphatic carbocycles. The van der Waals surface area contributed by atoms with Crippen LogP contribution in [0.25, 0.3) is 0 Å². The molecular formula is C13H16BrFO. The number of methoxy groups -OCH3 is 1. The highest BCUT2D eigenvalue weighted by Crippen LogP contribution is 2.44. The lowest BCUT2D eigenvalue weighted by atomic mass is 9.81. The largest absolute Gasteiger partial charge is 0.494 e. The molecule has 0 N–H and O–H groups in total. The van der Waals surface area contributed by atoms with Gasteiger partial charge in [0.25, 0.3) is 0 Å². The van der Waals surface area contributed by atoms with Crippen molar-refractivity contribution in [2.24, 2.45) is 0 Å². The first-order valence-electron chi connectivity index (χ1n) is 5.53. The predicted octanol–water partition coefficient (Wildman–Crippen LogP) is 4.04. The zero-order valence-electron chi connectivity index (χ0n) is 9.59. The zero-order valence-corrected chi connectivity index (χ0v) is 11.2. The Kier molecular flexibility index (Phi) is 3.24. The summed E-state index contributed by atoms with van der Waals surface area (Å²) in [6.07, 6.45) is 3.33. The van der Waals surface area contributed by atoms with Gasteiger partial charge in [-0.3, -0.25) is 0 Å². The molecule has 0 radical (unpaired) electrons. The fourth-order valence-corrected chi connectivity index (χ4v) is 3.42. The van der Waals surface area contributed by atoms with Crippen LogP contribution in [0.4, 0.5) is 4.39 Å². The number of ether oxygens (including phenoxy) is 1. The predicted molar refractivity (Wildman–Crippen MR) is 66.9 cm³/mol. The lowest BCUT2D eigenvalue weighted by Crippen LogP contribution is -2.18. The van der Waals surface area contributed by atoms with E-state index in [0.29, 0.717) is 10.6 Å². The summed E-state index contributed by atoms with van der Waals surface area (Å²) in [6, 6.07) is 5.31. The number of halogens is 2. The second kappa shape index (κ2) is 4.36. The Balaban J connectivity index is 2.31. The summed E-state index contributed by atoms with van der Waals surface area (Å²) in [5, 5.41) is 0. The lowest BCUT2D eigenvalue weighted by Gasteiger charge is -2.24. The third-order valence-electron chi connectivity index (χ3n) is 3.53. The first kappa shape index (κ1) is 11.9. The van der Waals surface area contributed by atoms with E-state index < -0.39 is 0 Å². The Morgan fingerprint density at radius 3 is 2.75 bits per heavy atom. The van der Waals surface area contributed by atoms with E-state index in [1.54, 1.807) is 12.1 Å². The van der Waals surface area contributed by atoms with Gasteiger partial charge >= 0.3 is 0 Å². The molecule has 88 valence electrons. The molecule has 2 atom stereocenters. The van der Waals surface area contributed by atoms with E-state index >= 15 is 0 Å². The molecule has 0 spiro atoms. The van der Waals surface area contributed by atoms with Crippen LogP contribution in [0.15, 0.2) is 18.2 Å². The van der Waals surface area contributed by atoms with Gasteiger partial charge < -0.3 is 4.74 Å². The van der Waals surface area contributed by atoms with E-state index in [2.05, 4.69) is 22.9 Å². The molecule has 1 aromatic rings. The van der Waals surface area contributed by atoms with Crippen molar-refractivity contribution in [1.82, 2.24) is 0 Å². The maximum absolute atomic E-state index is 13.6. The van der Waals surface area contributed by atoms with Crippen molar-refractivity contribution in [1.29, 1.82) is 0 Å². The van der Waals surface area contributed by atoms with Crippen LogP contribution in [-0.4, -0.2) is 11.9 Å². The Hall–Kier alpha value is -0.570. The molecule has 0 bridgehead atoms. The monoisotopic (exact) mass is 286 g/mol. The van der Waals surface area contributed by atoms with Gasteiger partial charge in [0.15, 0.2) is 11.6 Å². The van der Waals surface area contributed by atoms with Crippen molar-refractivity contribution < 1.29 is 9.13 Å². The summed E-state index contributed by atoms with van der Waals surface area (Å²) in [6.45, 7) is 2.20. The fourth-order valence-electron chi connectivity index (χ4n) is 2.47. The molecule has 0 aliphatic heterocycles. The van der Waals surface area contributed by atoms with Crippen LogP contribution in [0.2, 0.25) is 0 Å². The molecule has 1 fully saturated rings. The molecule has 0 heterocycles. The van der Waals surface area contributed by atoms with E-state index in [4.69, 9.17) is 4.74 Å². The van der Waals surface area contributed by atoms with E-state index in [9.17, 15) is 4.39 Å². The van der Waals surface area contributed by atoms with Crippen LogP contribution in [0.1, 0.15) is 31.7 Å². The molecule has 16 heavy (non-hydrogen) atoms. The summed E-state index contributed by atoms with van der Waals surface area (Å²) < 4.78 is 18.6. The van der Waals surface area contributed by atoms with Crippen LogP contribution in [0, 0.1) is 5.82 Å². The summed E-state index contributed by atoms with van der Waals surface area (Å²) in [7, 11) is 1.49. The molecule has 0 aromatic heterocycles. The van der Waals surface area contributed by atoms with Crippen LogP contribution in [-0.2, 0) is 5.41 Å². The minimum absolute atomic E-state index is 0.0985. The first-order chi connectivity index (χ1) is 7.55. The van der Waals surface area contributed by atoms with Crippen LogP contribution in [0.3, 0.4) is 0 Å². The standard InChI is InChI=1S/C13H16BrFO/c1-13(6-5-10(14)8-13)9-3-4-12(16-2)11(15)7-9/h3-4,7,10H,5-6,8H2,1-2H3. The van der Waals surface area contributed by atoms with Gasteiger partial charge in [-0.2, -0.15) is 0 Å². The molecule has 1 saturated carbocycles. The number of hydrogen-bond donors (Lipinski definition) is 0. The molecule has 0 saturated heterocycles. The van der Waals surface area contributed by atoms with Gasteiger partial charge in [-0.25, -0.2) is 4.39 Å². The van der Waals surface area contributed by atoms with Crippen molar-refractivity contribution in [2.75, 3.05) is 7.11 Å². The normalized spacial score (nSPS) is 29.4. The Bertz CT molecular complexity index is 394. The number of rotatable bonds is 2. The second-order valence-electron chi connectivity index (χ2n) is 4.75. The highest BCUT2D eigenvalue weighted by molar-refractivity contribution is 9.09. The summed E-state index contributed by atoms with van der Waals surface area (Å²) in [5.41, 5.74) is 1.18. The fraction of sp³-hybridized carbons (Fsp3) is 0.538. The van der Waals surface area contributed by atoms with Crippen LogP contribution in [0.5, 0.6) is 5.75 Å². The van der Waals surface area contributed by atoms with E-state index in [-0.39, 0.29) is 11.2 Å². The Labute approximate surface area is 104 Å². The number of alkyl halides is 1. The van der Waals surface area contributed by atoms with E-state index in [1.165, 1.54) is 7.11 Å². The Morgan fingerprint density at radius 1 is 1.50 bits per heavy atom. The van der Waals surface area contributed by atoms with Crippen molar-refractivity contribution in [3.05, 3.63) is 29.6 Å². The van der Waals surface area contributed by atoms with Gasteiger partial charge in [-0.15, -0.1) is 0 Å². The molecular weight excluding hydrogens is 271 g/mol. The Morgan fingerprint density at radius 2 is 2.25 bits per heavy atom. The molecule has 2 rings (SSSR count). The van der Waals surface area contributed by atoms with Gasteiger partial charge in [0.05, 0.1) is 7.11 Å². The molecule has 3 heteroatoms. The van der Waals surface area contributed by atoms with Gasteiger partial charge in [0, 0.05) is 4.83 Å². The lowest BCUT2D eigenvalue weighted by molar-refractivity contribution is 0.384. The van der Waals surface area contributed by atoms with Crippen molar-refractivity contribution in [3.63, 3.8) is 0 Å². The van der Waals surface area contributed by atoms with Gasteiger partial charge in [0.2, 0.25) is 0 Å². The quantitative estimate of drug-likeness (QED) is 0.746. The molecule has 1 aliphatic rings. The maximum atomic E-state index is 13.6. The van der Waals surface area contributed by atoms with Gasteiger partial charge in [-0.05, 0) is 42.4 Å². The molecule has 2 unspecified atom stereocenters. The minimum Gasteiger partial charge on any atom is -0.494 e. The highest BCUT2D eigenvalue weighted by atomic mass is 79.9. The minimum atomic E-state index is -0.265. The summed E-state index contributed by atoms with van der Waals surface area (Å²) in [5.74, 6) is 0.0555. The number of hydrogen-bond acceptors (Lipinski definition) is 1. The van der Waals surface area contributed by atoms with Crippen molar-refractivity contribution >= 4 is 15.9 Å². The average molecular weight is 287 g/mol.